The average Bonchev–Trinajstić information content (AvgIpc) is 2.77. The Hall–Kier alpha value is -0.610. The molecule has 1 amide bonds. The van der Waals surface area contributed by atoms with Crippen molar-refractivity contribution in [3.05, 3.63) is 0 Å². The number of hydrogen-bond donors (Lipinski definition) is 1. The van der Waals surface area contributed by atoms with Gasteiger partial charge in [0.25, 0.3) is 0 Å². The molecule has 0 radical (unpaired) electrons. The van der Waals surface area contributed by atoms with Gasteiger partial charge in [0.2, 0.25) is 5.91 Å². The van der Waals surface area contributed by atoms with Crippen LogP contribution in [0.25, 0.3) is 0 Å². The lowest BCUT2D eigenvalue weighted by atomic mass is 9.95. The molecule has 2 N–H and O–H groups in total. The molecular formula is C12H23N3O. The minimum atomic E-state index is 0.306. The van der Waals surface area contributed by atoms with Crippen molar-refractivity contribution in [3.63, 3.8) is 0 Å². The van der Waals surface area contributed by atoms with E-state index in [0.717, 1.165) is 32.6 Å². The Morgan fingerprint density at radius 1 is 1.31 bits per heavy atom. The molecule has 0 aromatic carbocycles. The van der Waals surface area contributed by atoms with Gasteiger partial charge in [-0.05, 0) is 25.2 Å². The summed E-state index contributed by atoms with van der Waals surface area (Å²) in [5, 5.41) is 0. The van der Waals surface area contributed by atoms with Crippen LogP contribution < -0.4 is 5.73 Å². The molecule has 0 aromatic rings. The number of likely N-dealkylation sites (tertiary alicyclic amines) is 2. The van der Waals surface area contributed by atoms with Gasteiger partial charge in [0, 0.05) is 32.2 Å². The summed E-state index contributed by atoms with van der Waals surface area (Å²) >= 11 is 0. The molecule has 4 nitrogen and oxygen atoms in total. The first kappa shape index (κ1) is 11.9. The maximum Gasteiger partial charge on any atom is 0.236 e. The summed E-state index contributed by atoms with van der Waals surface area (Å²) < 4.78 is 0. The predicted molar refractivity (Wildman–Crippen MR) is 64.0 cm³/mol. The molecule has 2 heterocycles. The van der Waals surface area contributed by atoms with Gasteiger partial charge in [0.05, 0.1) is 6.54 Å². The average molecular weight is 225 g/mol. The zero-order chi connectivity index (χ0) is 11.5. The number of carbonyl (C=O) groups excluding carboxylic acids is 1. The summed E-state index contributed by atoms with van der Waals surface area (Å²) in [5.41, 5.74) is 5.97. The molecule has 2 unspecified atom stereocenters. The van der Waals surface area contributed by atoms with Gasteiger partial charge in [0.15, 0.2) is 0 Å². The number of hydrogen-bond acceptors (Lipinski definition) is 3. The molecule has 0 spiro atoms. The molecule has 16 heavy (non-hydrogen) atoms. The number of carbonyl (C=O) groups is 1. The first-order chi connectivity index (χ1) is 7.66. The van der Waals surface area contributed by atoms with Crippen molar-refractivity contribution in [1.29, 1.82) is 0 Å². The number of nitrogens with two attached hydrogens (primary N) is 1. The number of rotatable bonds is 2. The van der Waals surface area contributed by atoms with Gasteiger partial charge in [-0.1, -0.05) is 6.92 Å². The summed E-state index contributed by atoms with van der Waals surface area (Å²) in [6.45, 7) is 6.64. The fraction of sp³-hybridized carbons (Fsp3) is 0.917. The van der Waals surface area contributed by atoms with Crippen molar-refractivity contribution >= 4 is 5.91 Å². The summed E-state index contributed by atoms with van der Waals surface area (Å²) in [4.78, 5) is 16.2. The van der Waals surface area contributed by atoms with E-state index in [1.807, 2.05) is 4.90 Å². The van der Waals surface area contributed by atoms with Crippen molar-refractivity contribution in [2.45, 2.75) is 32.2 Å². The molecule has 0 aliphatic carbocycles. The fourth-order valence-corrected chi connectivity index (χ4v) is 2.65. The van der Waals surface area contributed by atoms with E-state index in [0.29, 0.717) is 24.4 Å². The second kappa shape index (κ2) is 5.15. The smallest absolute Gasteiger partial charge is 0.236 e. The van der Waals surface area contributed by atoms with Crippen LogP contribution in [0.1, 0.15) is 26.2 Å². The van der Waals surface area contributed by atoms with Crippen LogP contribution in [0.4, 0.5) is 0 Å². The minimum Gasteiger partial charge on any atom is -0.342 e. The van der Waals surface area contributed by atoms with Crippen LogP contribution in [0.5, 0.6) is 0 Å². The number of nitrogens with zero attached hydrogens (tertiary/aromatic N) is 2. The van der Waals surface area contributed by atoms with Gasteiger partial charge >= 0.3 is 0 Å². The third-order valence-electron chi connectivity index (χ3n) is 3.87. The molecule has 2 atom stereocenters. The Bertz CT molecular complexity index is 251. The first-order valence-corrected chi connectivity index (χ1v) is 6.42. The standard InChI is InChI=1S/C12H23N3O/c1-10-8-14(7-4-11(10)13)9-12(16)15-5-2-3-6-15/h10-11H,2-9,13H2,1H3. The van der Waals surface area contributed by atoms with Crippen LogP contribution in [0.2, 0.25) is 0 Å². The number of piperidine rings is 1. The molecule has 2 fully saturated rings. The van der Waals surface area contributed by atoms with Gasteiger partial charge in [-0.3, -0.25) is 9.69 Å². The third-order valence-corrected chi connectivity index (χ3v) is 3.87. The minimum absolute atomic E-state index is 0.306. The number of amides is 1. The molecule has 0 saturated carbocycles. The molecule has 2 aliphatic heterocycles. The van der Waals surface area contributed by atoms with E-state index in [1.165, 1.54) is 12.8 Å². The molecule has 2 aliphatic rings. The second-order valence-electron chi connectivity index (χ2n) is 5.25. The van der Waals surface area contributed by atoms with Crippen molar-refractivity contribution in [3.8, 4) is 0 Å². The van der Waals surface area contributed by atoms with Gasteiger partial charge < -0.3 is 10.6 Å². The lowest BCUT2D eigenvalue weighted by Gasteiger charge is -2.35. The highest BCUT2D eigenvalue weighted by atomic mass is 16.2. The van der Waals surface area contributed by atoms with Crippen molar-refractivity contribution in [1.82, 2.24) is 9.80 Å². The molecule has 0 aromatic heterocycles. The van der Waals surface area contributed by atoms with Crippen molar-refractivity contribution < 1.29 is 4.79 Å². The molecule has 92 valence electrons. The van der Waals surface area contributed by atoms with E-state index in [-0.39, 0.29) is 0 Å². The molecule has 2 saturated heterocycles. The summed E-state index contributed by atoms with van der Waals surface area (Å²) in [5.74, 6) is 0.820. The highest BCUT2D eigenvalue weighted by molar-refractivity contribution is 5.78. The largest absolute Gasteiger partial charge is 0.342 e. The van der Waals surface area contributed by atoms with Gasteiger partial charge in [-0.15, -0.1) is 0 Å². The molecule has 4 heteroatoms. The topological polar surface area (TPSA) is 49.6 Å². The fourth-order valence-electron chi connectivity index (χ4n) is 2.65. The van der Waals surface area contributed by atoms with Crippen molar-refractivity contribution in [2.24, 2.45) is 11.7 Å². The van der Waals surface area contributed by atoms with Crippen LogP contribution >= 0.6 is 0 Å². The molecule has 0 bridgehead atoms. The van der Waals surface area contributed by atoms with Crippen LogP contribution in [-0.4, -0.2) is 54.5 Å². The van der Waals surface area contributed by atoms with E-state index in [2.05, 4.69) is 11.8 Å². The lowest BCUT2D eigenvalue weighted by Crippen LogP contribution is -2.49. The van der Waals surface area contributed by atoms with E-state index in [1.54, 1.807) is 0 Å². The van der Waals surface area contributed by atoms with Crippen molar-refractivity contribution in [2.75, 3.05) is 32.7 Å². The zero-order valence-electron chi connectivity index (χ0n) is 10.2. The Morgan fingerprint density at radius 3 is 2.62 bits per heavy atom. The van der Waals surface area contributed by atoms with E-state index in [9.17, 15) is 4.79 Å². The Labute approximate surface area is 97.8 Å². The van der Waals surface area contributed by atoms with Gasteiger partial charge in [-0.2, -0.15) is 0 Å². The second-order valence-corrected chi connectivity index (χ2v) is 5.25. The Morgan fingerprint density at radius 2 is 2.00 bits per heavy atom. The van der Waals surface area contributed by atoms with E-state index >= 15 is 0 Å². The van der Waals surface area contributed by atoms with Gasteiger partial charge in [0.1, 0.15) is 0 Å². The highest BCUT2D eigenvalue weighted by Crippen LogP contribution is 2.15. The molecule has 2 rings (SSSR count). The predicted octanol–water partition coefficient (Wildman–Crippen LogP) is 0.278. The summed E-state index contributed by atoms with van der Waals surface area (Å²) in [6.07, 6.45) is 3.37. The van der Waals surface area contributed by atoms with Crippen LogP contribution in [0, 0.1) is 5.92 Å². The third kappa shape index (κ3) is 2.74. The zero-order valence-corrected chi connectivity index (χ0v) is 10.2. The van der Waals surface area contributed by atoms with Crippen LogP contribution in [0.3, 0.4) is 0 Å². The quantitative estimate of drug-likeness (QED) is 0.734. The highest BCUT2D eigenvalue weighted by Gasteiger charge is 2.26. The van der Waals surface area contributed by atoms with E-state index < -0.39 is 0 Å². The Balaban J connectivity index is 1.78. The van der Waals surface area contributed by atoms with Crippen LogP contribution in [-0.2, 0) is 4.79 Å². The van der Waals surface area contributed by atoms with E-state index in [4.69, 9.17) is 5.73 Å². The summed E-state index contributed by atoms with van der Waals surface area (Å²) in [6, 6.07) is 0.318. The monoisotopic (exact) mass is 225 g/mol. The maximum atomic E-state index is 12.0. The normalized spacial score (nSPS) is 32.0. The summed E-state index contributed by atoms with van der Waals surface area (Å²) in [7, 11) is 0. The maximum absolute atomic E-state index is 12.0. The first-order valence-electron chi connectivity index (χ1n) is 6.42. The van der Waals surface area contributed by atoms with Crippen LogP contribution in [0.15, 0.2) is 0 Å². The SMILES string of the molecule is CC1CN(CC(=O)N2CCCC2)CCC1N. The molecular weight excluding hydrogens is 202 g/mol. The Kier molecular flexibility index (Phi) is 3.82. The van der Waals surface area contributed by atoms with Gasteiger partial charge in [-0.25, -0.2) is 0 Å². The lowest BCUT2D eigenvalue weighted by molar-refractivity contribution is -0.131.